The maximum atomic E-state index is 12.2. The van der Waals surface area contributed by atoms with Gasteiger partial charge >= 0.3 is 6.03 Å². The summed E-state index contributed by atoms with van der Waals surface area (Å²) < 4.78 is 0. The van der Waals surface area contributed by atoms with E-state index in [2.05, 4.69) is 10.6 Å². The zero-order chi connectivity index (χ0) is 12.7. The van der Waals surface area contributed by atoms with E-state index in [1.54, 1.807) is 0 Å². The van der Waals surface area contributed by atoms with E-state index in [0.717, 1.165) is 5.56 Å². The van der Waals surface area contributed by atoms with Crippen molar-refractivity contribution < 1.29 is 9.59 Å². The number of nitrogens with one attached hydrogen (secondary N) is 2. The van der Waals surface area contributed by atoms with Gasteiger partial charge in [0.25, 0.3) is 5.91 Å². The molecule has 4 heteroatoms. The summed E-state index contributed by atoms with van der Waals surface area (Å²) in [5.41, 5.74) is -0.605. The predicted molar refractivity (Wildman–Crippen MR) is 64.2 cm³/mol. The van der Waals surface area contributed by atoms with Crippen LogP contribution in [0.25, 0.3) is 0 Å². The van der Waals surface area contributed by atoms with Crippen LogP contribution in [0.3, 0.4) is 0 Å². The smallest absolute Gasteiger partial charge is 0.319 e. The summed E-state index contributed by atoms with van der Waals surface area (Å²) in [6, 6.07) is 8.89. The van der Waals surface area contributed by atoms with Crippen LogP contribution < -0.4 is 10.6 Å². The lowest BCUT2D eigenvalue weighted by Gasteiger charge is -2.39. The fraction of sp³-hybridized carbons (Fsp3) is 0.385. The van der Waals surface area contributed by atoms with Crippen molar-refractivity contribution in [3.63, 3.8) is 0 Å². The second-order valence-corrected chi connectivity index (χ2v) is 5.27. The summed E-state index contributed by atoms with van der Waals surface area (Å²) in [6.07, 6.45) is 0. The predicted octanol–water partition coefficient (Wildman–Crippen LogP) is 1.77. The van der Waals surface area contributed by atoms with Crippen LogP contribution in [-0.2, 0) is 10.3 Å². The minimum atomic E-state index is -0.995. The Balaban J connectivity index is 2.61. The lowest BCUT2D eigenvalue weighted by molar-refractivity contribution is -0.128. The molecule has 90 valence electrons. The van der Waals surface area contributed by atoms with E-state index in [1.807, 2.05) is 51.1 Å². The van der Waals surface area contributed by atoms with Crippen LogP contribution in [0.5, 0.6) is 0 Å². The standard InChI is InChI=1S/C13H16N2O2/c1-12(2,3)13(9-7-5-4-6-8-9)10(16)14-11(17)15-13/h4-8H,1-3H3,(H2,14,15,16,17). The van der Waals surface area contributed by atoms with Crippen molar-refractivity contribution in [2.24, 2.45) is 5.41 Å². The Labute approximate surface area is 100 Å². The SMILES string of the molecule is CC(C)(C)C1(c2ccccc2)NC(=O)NC1=O. The molecule has 2 N–H and O–H groups in total. The molecule has 0 bridgehead atoms. The first-order chi connectivity index (χ1) is 7.88. The van der Waals surface area contributed by atoms with Crippen molar-refractivity contribution in [1.82, 2.24) is 10.6 Å². The first-order valence-electron chi connectivity index (χ1n) is 5.57. The zero-order valence-electron chi connectivity index (χ0n) is 10.2. The van der Waals surface area contributed by atoms with Crippen LogP contribution in [-0.4, -0.2) is 11.9 Å². The molecule has 1 saturated heterocycles. The number of hydrogen-bond donors (Lipinski definition) is 2. The van der Waals surface area contributed by atoms with Gasteiger partial charge in [-0.25, -0.2) is 4.79 Å². The molecule has 0 radical (unpaired) electrons. The quantitative estimate of drug-likeness (QED) is 0.725. The van der Waals surface area contributed by atoms with Crippen LogP contribution in [0.1, 0.15) is 26.3 Å². The molecule has 1 aliphatic heterocycles. The molecule has 0 aliphatic carbocycles. The molecule has 17 heavy (non-hydrogen) atoms. The lowest BCUT2D eigenvalue weighted by Crippen LogP contribution is -2.53. The maximum absolute atomic E-state index is 12.2. The van der Waals surface area contributed by atoms with Gasteiger partial charge in [0.1, 0.15) is 0 Å². The average Bonchev–Trinajstić information content (AvgIpc) is 2.55. The maximum Gasteiger partial charge on any atom is 0.322 e. The summed E-state index contributed by atoms with van der Waals surface area (Å²) in [7, 11) is 0. The second-order valence-electron chi connectivity index (χ2n) is 5.27. The summed E-state index contributed by atoms with van der Waals surface area (Å²) in [5, 5.41) is 5.10. The molecule has 0 saturated carbocycles. The third kappa shape index (κ3) is 1.60. The van der Waals surface area contributed by atoms with Crippen LogP contribution in [0, 0.1) is 5.41 Å². The highest BCUT2D eigenvalue weighted by Gasteiger charge is 2.55. The van der Waals surface area contributed by atoms with Crippen molar-refractivity contribution in [3.05, 3.63) is 35.9 Å². The van der Waals surface area contributed by atoms with Gasteiger partial charge < -0.3 is 5.32 Å². The first kappa shape index (κ1) is 11.6. The normalized spacial score (nSPS) is 24.4. The van der Waals surface area contributed by atoms with Gasteiger partial charge in [0.15, 0.2) is 5.54 Å². The third-order valence-corrected chi connectivity index (χ3v) is 3.20. The highest BCUT2D eigenvalue weighted by molar-refractivity contribution is 6.08. The van der Waals surface area contributed by atoms with E-state index in [-0.39, 0.29) is 5.91 Å². The van der Waals surface area contributed by atoms with Gasteiger partial charge in [0.05, 0.1) is 0 Å². The van der Waals surface area contributed by atoms with E-state index in [1.165, 1.54) is 0 Å². The molecule has 0 spiro atoms. The van der Waals surface area contributed by atoms with Crippen molar-refractivity contribution in [3.8, 4) is 0 Å². The number of rotatable bonds is 1. The number of imide groups is 1. The zero-order valence-corrected chi connectivity index (χ0v) is 10.2. The van der Waals surface area contributed by atoms with Gasteiger partial charge in [-0.05, 0) is 11.0 Å². The number of amides is 3. The van der Waals surface area contributed by atoms with Crippen LogP contribution in [0.4, 0.5) is 4.79 Å². The van der Waals surface area contributed by atoms with Crippen LogP contribution in [0.2, 0.25) is 0 Å². The Kier molecular flexibility index (Phi) is 2.45. The van der Waals surface area contributed by atoms with E-state index >= 15 is 0 Å². The molecule has 1 aromatic carbocycles. The fourth-order valence-electron chi connectivity index (χ4n) is 2.31. The van der Waals surface area contributed by atoms with Crippen molar-refractivity contribution in [2.75, 3.05) is 0 Å². The molecule has 2 rings (SSSR count). The largest absolute Gasteiger partial charge is 0.322 e. The summed E-state index contributed by atoms with van der Waals surface area (Å²) in [5.74, 6) is -0.291. The van der Waals surface area contributed by atoms with E-state index in [0.29, 0.717) is 0 Å². The van der Waals surface area contributed by atoms with Gasteiger partial charge in [-0.15, -0.1) is 0 Å². The number of benzene rings is 1. The van der Waals surface area contributed by atoms with Crippen molar-refractivity contribution in [1.29, 1.82) is 0 Å². The Morgan fingerprint density at radius 3 is 2.06 bits per heavy atom. The molecule has 1 aliphatic rings. The molecule has 1 atom stereocenters. The third-order valence-electron chi connectivity index (χ3n) is 3.20. The fourth-order valence-corrected chi connectivity index (χ4v) is 2.31. The van der Waals surface area contributed by atoms with Crippen LogP contribution >= 0.6 is 0 Å². The number of carbonyl (C=O) groups excluding carboxylic acids is 2. The number of urea groups is 1. The molecule has 1 aromatic rings. The number of carbonyl (C=O) groups is 2. The van der Waals surface area contributed by atoms with Crippen LogP contribution in [0.15, 0.2) is 30.3 Å². The Hall–Kier alpha value is -1.84. The lowest BCUT2D eigenvalue weighted by atomic mass is 9.69. The Morgan fingerprint density at radius 2 is 1.65 bits per heavy atom. The molecular weight excluding hydrogens is 216 g/mol. The topological polar surface area (TPSA) is 58.2 Å². The average molecular weight is 232 g/mol. The first-order valence-corrected chi connectivity index (χ1v) is 5.57. The van der Waals surface area contributed by atoms with Gasteiger partial charge in [0, 0.05) is 0 Å². The molecule has 4 nitrogen and oxygen atoms in total. The van der Waals surface area contributed by atoms with E-state index in [4.69, 9.17) is 0 Å². The molecule has 1 fully saturated rings. The summed E-state index contributed by atoms with van der Waals surface area (Å²) in [6.45, 7) is 5.81. The van der Waals surface area contributed by atoms with Crippen molar-refractivity contribution in [2.45, 2.75) is 26.3 Å². The van der Waals surface area contributed by atoms with E-state index in [9.17, 15) is 9.59 Å². The molecule has 1 heterocycles. The molecular formula is C13H16N2O2. The summed E-state index contributed by atoms with van der Waals surface area (Å²) in [4.78, 5) is 23.6. The number of hydrogen-bond acceptors (Lipinski definition) is 2. The minimum Gasteiger partial charge on any atom is -0.319 e. The molecule has 0 aromatic heterocycles. The van der Waals surface area contributed by atoms with E-state index < -0.39 is 17.0 Å². The molecule has 3 amide bonds. The Bertz CT molecular complexity index is 462. The van der Waals surface area contributed by atoms with Gasteiger partial charge in [-0.2, -0.15) is 0 Å². The highest BCUT2D eigenvalue weighted by Crippen LogP contribution is 2.41. The van der Waals surface area contributed by atoms with Crippen molar-refractivity contribution >= 4 is 11.9 Å². The molecule has 1 unspecified atom stereocenters. The second kappa shape index (κ2) is 3.58. The van der Waals surface area contributed by atoms with Gasteiger partial charge in [-0.3, -0.25) is 10.1 Å². The van der Waals surface area contributed by atoms with Gasteiger partial charge in [-0.1, -0.05) is 51.1 Å². The highest BCUT2D eigenvalue weighted by atomic mass is 16.2. The van der Waals surface area contributed by atoms with Gasteiger partial charge in [0.2, 0.25) is 0 Å². The minimum absolute atomic E-state index is 0.291. The monoisotopic (exact) mass is 232 g/mol. The Morgan fingerprint density at radius 1 is 1.06 bits per heavy atom. The summed E-state index contributed by atoms with van der Waals surface area (Å²) >= 11 is 0.